The highest BCUT2D eigenvalue weighted by atomic mass is 16.5. The van der Waals surface area contributed by atoms with Crippen molar-refractivity contribution in [3.05, 3.63) is 17.5 Å². The van der Waals surface area contributed by atoms with Gasteiger partial charge in [0.25, 0.3) is 5.91 Å². The number of nitrogens with one attached hydrogen (secondary N) is 2. The first-order valence-electron chi connectivity index (χ1n) is 8.73. The molecule has 0 bridgehead atoms. The molecule has 4 N–H and O–H groups in total. The molecule has 2 aromatic rings. The number of ether oxygens (including phenoxy) is 2. The molecule has 1 saturated heterocycles. The molecule has 0 saturated carbocycles. The van der Waals surface area contributed by atoms with Gasteiger partial charge in [0, 0.05) is 37.6 Å². The molecule has 0 aliphatic carbocycles. The van der Waals surface area contributed by atoms with Crippen molar-refractivity contribution in [3.8, 4) is 11.5 Å². The van der Waals surface area contributed by atoms with Gasteiger partial charge in [-0.15, -0.1) is 0 Å². The van der Waals surface area contributed by atoms with Crippen LogP contribution in [-0.4, -0.2) is 52.4 Å². The lowest BCUT2D eigenvalue weighted by molar-refractivity contribution is -0.119. The Balaban J connectivity index is 1.86. The number of likely N-dealkylation sites (tertiary alicyclic amines) is 1. The van der Waals surface area contributed by atoms with Gasteiger partial charge in [-0.05, 0) is 20.8 Å². The topological polar surface area (TPSA) is 117 Å². The van der Waals surface area contributed by atoms with E-state index >= 15 is 0 Å². The summed E-state index contributed by atoms with van der Waals surface area (Å²) in [5.41, 5.74) is 7.71. The molecule has 1 aliphatic heterocycles. The number of rotatable bonds is 5. The molecule has 8 nitrogen and oxygen atoms in total. The number of carbonyl (C=O) groups is 1. The van der Waals surface area contributed by atoms with E-state index in [2.05, 4.69) is 9.97 Å². The zero-order valence-corrected chi connectivity index (χ0v) is 15.4. The third kappa shape index (κ3) is 3.74. The number of aromatic nitrogens is 2. The molecule has 1 fully saturated rings. The summed E-state index contributed by atoms with van der Waals surface area (Å²) >= 11 is 0. The van der Waals surface area contributed by atoms with Gasteiger partial charge in [-0.25, -0.2) is 4.98 Å². The van der Waals surface area contributed by atoms with E-state index in [4.69, 9.17) is 20.6 Å². The standard InChI is InChI=1S/C18H25N5O3/c1-10-17-14(21-12(3)22-17)8-15(18(10)25-9-16(20)24)26-13-4-6-23(7-5-13)11(2)19/h8,13,19H,4-7,9H2,1-3H3,(H2,20,24)(H,21,22). The second-order valence-corrected chi connectivity index (χ2v) is 6.69. The average molecular weight is 359 g/mol. The highest BCUT2D eigenvalue weighted by molar-refractivity contribution is 5.84. The van der Waals surface area contributed by atoms with Gasteiger partial charge in [-0.1, -0.05) is 0 Å². The number of aromatic amines is 1. The lowest BCUT2D eigenvalue weighted by Crippen LogP contribution is -2.40. The predicted molar refractivity (Wildman–Crippen MR) is 98.9 cm³/mol. The number of aryl methyl sites for hydroxylation is 2. The third-order valence-electron chi connectivity index (χ3n) is 4.61. The summed E-state index contributed by atoms with van der Waals surface area (Å²) in [5.74, 6) is 1.94. The van der Waals surface area contributed by atoms with Gasteiger partial charge in [-0.3, -0.25) is 10.2 Å². The third-order valence-corrected chi connectivity index (χ3v) is 4.61. The summed E-state index contributed by atoms with van der Waals surface area (Å²) in [7, 11) is 0. The molecule has 8 heteroatoms. The van der Waals surface area contributed by atoms with Crippen molar-refractivity contribution in [2.75, 3.05) is 19.7 Å². The number of fused-ring (bicyclic) bond motifs is 1. The van der Waals surface area contributed by atoms with Gasteiger partial charge in [0.1, 0.15) is 11.9 Å². The summed E-state index contributed by atoms with van der Waals surface area (Å²) in [6, 6.07) is 1.87. The number of carbonyl (C=O) groups excluding carboxylic acids is 1. The van der Waals surface area contributed by atoms with Gasteiger partial charge in [0.15, 0.2) is 18.1 Å². The number of nitrogens with zero attached hydrogens (tertiary/aromatic N) is 2. The molecule has 2 heterocycles. The maximum absolute atomic E-state index is 11.2. The highest BCUT2D eigenvalue weighted by Crippen LogP contribution is 2.37. The summed E-state index contributed by atoms with van der Waals surface area (Å²) in [4.78, 5) is 20.9. The molecule has 140 valence electrons. The predicted octanol–water partition coefficient (Wildman–Crippen LogP) is 1.88. The van der Waals surface area contributed by atoms with Crippen molar-refractivity contribution in [2.45, 2.75) is 39.7 Å². The van der Waals surface area contributed by atoms with Crippen LogP contribution in [0.5, 0.6) is 11.5 Å². The molecule has 0 atom stereocenters. The summed E-state index contributed by atoms with van der Waals surface area (Å²) in [5, 5.41) is 7.74. The van der Waals surface area contributed by atoms with E-state index < -0.39 is 5.91 Å². The van der Waals surface area contributed by atoms with Crippen LogP contribution >= 0.6 is 0 Å². The Kier molecular flexibility index (Phi) is 5.01. The van der Waals surface area contributed by atoms with Gasteiger partial charge >= 0.3 is 0 Å². The first kappa shape index (κ1) is 18.0. The van der Waals surface area contributed by atoms with Crippen LogP contribution in [0.25, 0.3) is 11.0 Å². The van der Waals surface area contributed by atoms with Crippen molar-refractivity contribution in [3.63, 3.8) is 0 Å². The van der Waals surface area contributed by atoms with E-state index in [1.165, 1.54) is 0 Å². The Bertz CT molecular complexity index is 837. The number of hydrogen-bond donors (Lipinski definition) is 3. The summed E-state index contributed by atoms with van der Waals surface area (Å²) in [6.45, 7) is 6.96. The maximum Gasteiger partial charge on any atom is 0.255 e. The summed E-state index contributed by atoms with van der Waals surface area (Å²) < 4.78 is 11.9. The number of primary amides is 1. The molecule has 0 unspecified atom stereocenters. The minimum Gasteiger partial charge on any atom is -0.486 e. The smallest absolute Gasteiger partial charge is 0.255 e. The fourth-order valence-electron chi connectivity index (χ4n) is 3.29. The zero-order valence-electron chi connectivity index (χ0n) is 15.4. The molecule has 3 rings (SSSR count). The van der Waals surface area contributed by atoms with Crippen LogP contribution in [0, 0.1) is 19.3 Å². The van der Waals surface area contributed by atoms with Gasteiger partial charge in [0.2, 0.25) is 0 Å². The second-order valence-electron chi connectivity index (χ2n) is 6.69. The number of nitrogens with two attached hydrogens (primary N) is 1. The van der Waals surface area contributed by atoms with Gasteiger partial charge in [0.05, 0.1) is 16.9 Å². The molecular formula is C18H25N5O3. The number of hydrogen-bond acceptors (Lipinski definition) is 5. The van der Waals surface area contributed by atoms with E-state index in [0.29, 0.717) is 17.3 Å². The lowest BCUT2D eigenvalue weighted by atomic mass is 10.1. The fraction of sp³-hybridized carbons (Fsp3) is 0.500. The Morgan fingerprint density at radius 2 is 2.12 bits per heavy atom. The van der Waals surface area contributed by atoms with Crippen LogP contribution in [-0.2, 0) is 4.79 Å². The lowest BCUT2D eigenvalue weighted by Gasteiger charge is -2.33. The molecule has 1 aliphatic rings. The Labute approximate surface area is 152 Å². The molecular weight excluding hydrogens is 334 g/mol. The van der Waals surface area contributed by atoms with Crippen molar-refractivity contribution in [1.29, 1.82) is 5.41 Å². The van der Waals surface area contributed by atoms with Crippen molar-refractivity contribution in [2.24, 2.45) is 5.73 Å². The minimum absolute atomic E-state index is 0.0300. The van der Waals surface area contributed by atoms with Crippen LogP contribution < -0.4 is 15.2 Å². The number of amidine groups is 1. The SMILES string of the molecule is CC(=N)N1CCC(Oc2cc3[nH]c(C)nc3c(C)c2OCC(N)=O)CC1. The van der Waals surface area contributed by atoms with Crippen LogP contribution in [0.4, 0.5) is 0 Å². The molecule has 1 aromatic carbocycles. The first-order valence-corrected chi connectivity index (χ1v) is 8.73. The molecule has 0 spiro atoms. The normalized spacial score (nSPS) is 15.3. The molecule has 0 radical (unpaired) electrons. The van der Waals surface area contributed by atoms with Crippen LogP contribution in [0.3, 0.4) is 0 Å². The van der Waals surface area contributed by atoms with Crippen molar-refractivity contribution < 1.29 is 14.3 Å². The number of imidazole rings is 1. The second kappa shape index (κ2) is 7.23. The Morgan fingerprint density at radius 3 is 2.73 bits per heavy atom. The van der Waals surface area contributed by atoms with E-state index in [9.17, 15) is 4.79 Å². The van der Waals surface area contributed by atoms with Crippen LogP contribution in [0.15, 0.2) is 6.07 Å². The quantitative estimate of drug-likeness (QED) is 0.556. The largest absolute Gasteiger partial charge is 0.486 e. The van der Waals surface area contributed by atoms with E-state index in [-0.39, 0.29) is 12.7 Å². The van der Waals surface area contributed by atoms with E-state index in [1.54, 1.807) is 6.92 Å². The van der Waals surface area contributed by atoms with Crippen molar-refractivity contribution in [1.82, 2.24) is 14.9 Å². The average Bonchev–Trinajstić information content (AvgIpc) is 2.95. The van der Waals surface area contributed by atoms with Crippen LogP contribution in [0.1, 0.15) is 31.2 Å². The summed E-state index contributed by atoms with van der Waals surface area (Å²) in [6.07, 6.45) is 1.68. The maximum atomic E-state index is 11.2. The molecule has 1 amide bonds. The first-order chi connectivity index (χ1) is 12.3. The Morgan fingerprint density at radius 1 is 1.42 bits per heavy atom. The molecule has 26 heavy (non-hydrogen) atoms. The number of benzene rings is 1. The minimum atomic E-state index is -0.538. The Hall–Kier alpha value is -2.77. The van der Waals surface area contributed by atoms with Crippen LogP contribution in [0.2, 0.25) is 0 Å². The zero-order chi connectivity index (χ0) is 18.8. The molecule has 1 aromatic heterocycles. The number of H-pyrrole nitrogens is 1. The number of amides is 1. The van der Waals surface area contributed by atoms with Gasteiger partial charge < -0.3 is 25.1 Å². The monoisotopic (exact) mass is 359 g/mol. The highest BCUT2D eigenvalue weighted by Gasteiger charge is 2.24. The van der Waals surface area contributed by atoms with E-state index in [0.717, 1.165) is 48.4 Å². The fourth-order valence-corrected chi connectivity index (χ4v) is 3.29. The van der Waals surface area contributed by atoms with Gasteiger partial charge in [-0.2, -0.15) is 0 Å². The van der Waals surface area contributed by atoms with E-state index in [1.807, 2.05) is 24.8 Å². The number of piperidine rings is 1. The van der Waals surface area contributed by atoms with Crippen molar-refractivity contribution >= 4 is 22.8 Å².